The van der Waals surface area contributed by atoms with E-state index < -0.39 is 0 Å². The van der Waals surface area contributed by atoms with E-state index in [1.54, 1.807) is 6.21 Å². The average molecular weight is 477 g/mol. The highest BCUT2D eigenvalue weighted by molar-refractivity contribution is 7.99. The summed E-state index contributed by atoms with van der Waals surface area (Å²) in [5, 5.41) is 5.58. The number of para-hydroxylation sites is 2. The highest BCUT2D eigenvalue weighted by atomic mass is 35.5. The highest BCUT2D eigenvalue weighted by Gasteiger charge is 2.13. The van der Waals surface area contributed by atoms with E-state index >= 15 is 0 Å². The lowest BCUT2D eigenvalue weighted by atomic mass is 10.0. The maximum absolute atomic E-state index is 12.4. The molecule has 168 valence electrons. The predicted octanol–water partition coefficient (Wildman–Crippen LogP) is 6.10. The van der Waals surface area contributed by atoms with Crippen molar-refractivity contribution in [3.05, 3.63) is 94.5 Å². The molecule has 7 heteroatoms. The summed E-state index contributed by atoms with van der Waals surface area (Å²) in [4.78, 5) is 17.1. The van der Waals surface area contributed by atoms with Gasteiger partial charge in [0.05, 0.1) is 29.5 Å². The molecule has 4 aromatic rings. The number of hydrogen-bond donors (Lipinski definition) is 1. The van der Waals surface area contributed by atoms with Gasteiger partial charge in [-0.2, -0.15) is 5.10 Å². The maximum atomic E-state index is 12.4. The Hall–Kier alpha value is -3.09. The fourth-order valence-electron chi connectivity index (χ4n) is 3.40. The zero-order valence-electron chi connectivity index (χ0n) is 18.5. The number of thioether (sulfide) groups is 1. The minimum atomic E-state index is -0.180. The van der Waals surface area contributed by atoms with Crippen LogP contribution in [0.3, 0.4) is 0 Å². The van der Waals surface area contributed by atoms with Gasteiger partial charge in [0.2, 0.25) is 0 Å². The second-order valence-electron chi connectivity index (χ2n) is 8.00. The van der Waals surface area contributed by atoms with Crippen LogP contribution in [-0.2, 0) is 11.3 Å². The van der Waals surface area contributed by atoms with E-state index in [4.69, 9.17) is 16.6 Å². The summed E-state index contributed by atoms with van der Waals surface area (Å²) < 4.78 is 2.12. The molecule has 0 fully saturated rings. The lowest BCUT2D eigenvalue weighted by Gasteiger charge is -2.09. The normalized spacial score (nSPS) is 11.5. The smallest absolute Gasteiger partial charge is 0.250 e. The third-order valence-corrected chi connectivity index (χ3v) is 6.44. The van der Waals surface area contributed by atoms with Crippen LogP contribution in [0.15, 0.2) is 83.1 Å². The number of nitrogens with one attached hydrogen (secondary N) is 1. The summed E-state index contributed by atoms with van der Waals surface area (Å²) >= 11 is 7.42. The quantitative estimate of drug-likeness (QED) is 0.190. The van der Waals surface area contributed by atoms with Gasteiger partial charge in [0.1, 0.15) is 0 Å². The summed E-state index contributed by atoms with van der Waals surface area (Å²) in [6, 6.07) is 23.9. The Labute approximate surface area is 202 Å². The minimum Gasteiger partial charge on any atom is -0.314 e. The third kappa shape index (κ3) is 6.03. The Morgan fingerprint density at radius 2 is 1.82 bits per heavy atom. The molecule has 0 spiro atoms. The van der Waals surface area contributed by atoms with Crippen LogP contribution in [-0.4, -0.2) is 27.4 Å². The zero-order chi connectivity index (χ0) is 23.2. The van der Waals surface area contributed by atoms with Crippen molar-refractivity contribution in [1.82, 2.24) is 15.0 Å². The molecule has 0 radical (unpaired) electrons. The van der Waals surface area contributed by atoms with Crippen molar-refractivity contribution in [1.29, 1.82) is 0 Å². The van der Waals surface area contributed by atoms with Crippen LogP contribution in [0.2, 0.25) is 5.02 Å². The maximum Gasteiger partial charge on any atom is 0.250 e. The Morgan fingerprint density at radius 3 is 2.55 bits per heavy atom. The first-order chi connectivity index (χ1) is 16.0. The molecule has 1 aromatic heterocycles. The van der Waals surface area contributed by atoms with Gasteiger partial charge in [0.25, 0.3) is 5.91 Å². The van der Waals surface area contributed by atoms with Gasteiger partial charge in [-0.1, -0.05) is 85.7 Å². The molecule has 1 amide bonds. The van der Waals surface area contributed by atoms with E-state index in [2.05, 4.69) is 41.1 Å². The molecule has 0 saturated carbocycles. The molecule has 0 bridgehead atoms. The zero-order valence-corrected chi connectivity index (χ0v) is 20.1. The second-order valence-corrected chi connectivity index (χ2v) is 9.38. The van der Waals surface area contributed by atoms with Crippen molar-refractivity contribution >= 4 is 46.5 Å². The predicted molar refractivity (Wildman–Crippen MR) is 137 cm³/mol. The second kappa shape index (κ2) is 10.7. The number of hydrazone groups is 1. The van der Waals surface area contributed by atoms with Crippen molar-refractivity contribution in [2.24, 2.45) is 5.10 Å². The number of fused-ring (bicyclic) bond motifs is 1. The lowest BCUT2D eigenvalue weighted by Crippen LogP contribution is -2.20. The third-order valence-electron chi connectivity index (χ3n) is 5.21. The molecule has 5 nitrogen and oxygen atoms in total. The molecular weight excluding hydrogens is 452 g/mol. The number of imidazole rings is 1. The van der Waals surface area contributed by atoms with Crippen molar-refractivity contribution in [3.8, 4) is 0 Å². The summed E-state index contributed by atoms with van der Waals surface area (Å²) in [6.45, 7) is 4.96. The van der Waals surface area contributed by atoms with Crippen LogP contribution in [0.25, 0.3) is 11.0 Å². The Morgan fingerprint density at radius 1 is 1.09 bits per heavy atom. The van der Waals surface area contributed by atoms with Gasteiger partial charge in [0, 0.05) is 5.02 Å². The molecule has 0 saturated heterocycles. The van der Waals surface area contributed by atoms with Gasteiger partial charge < -0.3 is 4.57 Å². The highest BCUT2D eigenvalue weighted by Crippen LogP contribution is 2.25. The monoisotopic (exact) mass is 476 g/mol. The number of hydrogen-bond acceptors (Lipinski definition) is 4. The first-order valence-electron chi connectivity index (χ1n) is 10.7. The van der Waals surface area contributed by atoms with Crippen LogP contribution in [0.4, 0.5) is 0 Å². The fourth-order valence-corrected chi connectivity index (χ4v) is 4.33. The molecule has 33 heavy (non-hydrogen) atoms. The molecular formula is C26H25ClN4OS. The molecule has 0 aliphatic carbocycles. The standard InChI is InChI=1S/C26H25ClN4OS/c1-18(2)21-11-7-19(8-12-21)15-28-30-25(32)17-33-26-29-23-5-3-4-6-24(23)31(26)16-20-9-13-22(27)14-10-20/h3-15,18H,16-17H2,1-2H3,(H,30,32)/b28-15-. The molecule has 4 rings (SSSR count). The molecule has 0 unspecified atom stereocenters. The number of rotatable bonds is 8. The summed E-state index contributed by atoms with van der Waals surface area (Å²) in [5.74, 6) is 0.518. The van der Waals surface area contributed by atoms with Crippen molar-refractivity contribution in [2.75, 3.05) is 5.75 Å². The number of aromatic nitrogens is 2. The molecule has 0 atom stereocenters. The minimum absolute atomic E-state index is 0.180. The molecule has 0 aliphatic rings. The van der Waals surface area contributed by atoms with Crippen LogP contribution >= 0.6 is 23.4 Å². The Kier molecular flexibility index (Phi) is 7.47. The average Bonchev–Trinajstić information content (AvgIpc) is 3.17. The van der Waals surface area contributed by atoms with Crippen molar-refractivity contribution in [3.63, 3.8) is 0 Å². The number of benzene rings is 3. The van der Waals surface area contributed by atoms with Crippen LogP contribution in [0, 0.1) is 0 Å². The largest absolute Gasteiger partial charge is 0.314 e. The first-order valence-corrected chi connectivity index (χ1v) is 12.1. The number of nitrogens with zero attached hydrogens (tertiary/aromatic N) is 3. The van der Waals surface area contributed by atoms with Gasteiger partial charge >= 0.3 is 0 Å². The van der Waals surface area contributed by atoms with Gasteiger partial charge in [-0.05, 0) is 46.9 Å². The van der Waals surface area contributed by atoms with Crippen LogP contribution in [0.1, 0.15) is 36.5 Å². The summed E-state index contributed by atoms with van der Waals surface area (Å²) in [5.41, 5.74) is 7.86. The SMILES string of the molecule is CC(C)c1ccc(/C=N\NC(=O)CSc2nc3ccccc3n2Cc2ccc(Cl)cc2)cc1. The fraction of sp³-hybridized carbons (Fsp3) is 0.192. The van der Waals surface area contributed by atoms with E-state index in [0.29, 0.717) is 17.5 Å². The molecule has 1 N–H and O–H groups in total. The molecule has 1 heterocycles. The summed E-state index contributed by atoms with van der Waals surface area (Å²) in [6.07, 6.45) is 1.66. The number of halogens is 1. The van der Waals surface area contributed by atoms with Crippen molar-refractivity contribution in [2.45, 2.75) is 31.5 Å². The summed E-state index contributed by atoms with van der Waals surface area (Å²) in [7, 11) is 0. The van der Waals surface area contributed by atoms with E-state index in [1.165, 1.54) is 17.3 Å². The first kappa shape index (κ1) is 23.1. The van der Waals surface area contributed by atoms with Crippen LogP contribution in [0.5, 0.6) is 0 Å². The van der Waals surface area contributed by atoms with E-state index in [9.17, 15) is 4.79 Å². The topological polar surface area (TPSA) is 59.3 Å². The number of carbonyl (C=O) groups is 1. The van der Waals surface area contributed by atoms with E-state index in [-0.39, 0.29) is 11.7 Å². The van der Waals surface area contributed by atoms with Gasteiger partial charge in [-0.25, -0.2) is 10.4 Å². The number of carbonyl (C=O) groups excluding carboxylic acids is 1. The van der Waals surface area contributed by atoms with Gasteiger partial charge in [-0.3, -0.25) is 4.79 Å². The van der Waals surface area contributed by atoms with Gasteiger partial charge in [0.15, 0.2) is 5.16 Å². The molecule has 0 aliphatic heterocycles. The Balaban J connectivity index is 1.41. The van der Waals surface area contributed by atoms with Crippen LogP contribution < -0.4 is 5.43 Å². The number of amides is 1. The Bertz CT molecular complexity index is 1260. The van der Waals surface area contributed by atoms with E-state index in [1.807, 2.05) is 60.7 Å². The molecule has 3 aromatic carbocycles. The lowest BCUT2D eigenvalue weighted by molar-refractivity contribution is -0.118. The van der Waals surface area contributed by atoms with Gasteiger partial charge in [-0.15, -0.1) is 0 Å². The van der Waals surface area contributed by atoms with E-state index in [0.717, 1.165) is 27.3 Å². The van der Waals surface area contributed by atoms with Crippen molar-refractivity contribution < 1.29 is 4.79 Å².